The van der Waals surface area contributed by atoms with Crippen LogP contribution < -0.4 is 4.74 Å². The molecule has 1 unspecified atom stereocenters. The zero-order valence-corrected chi connectivity index (χ0v) is 15.8. The molecule has 3 atom stereocenters. The van der Waals surface area contributed by atoms with Gasteiger partial charge in [-0.2, -0.15) is 5.26 Å². The summed E-state index contributed by atoms with van der Waals surface area (Å²) in [6.45, 7) is 0.0774. The monoisotopic (exact) mass is 389 g/mol. The standard InChI is InChI=1S/C23H19NO5/c1-26-19-10-9-16-11-18(8-7-17(16)12-19)20(13-24)29-23(25)27-14-21-22(28-21)15-5-3-2-4-6-15/h2-12,20-22H,14H2,1H3/t20?,21-,22-/m1/s1. The highest BCUT2D eigenvalue weighted by molar-refractivity contribution is 5.84. The number of epoxide rings is 1. The van der Waals surface area contributed by atoms with Gasteiger partial charge in [-0.3, -0.25) is 0 Å². The van der Waals surface area contributed by atoms with Gasteiger partial charge in [0.15, 0.2) is 0 Å². The highest BCUT2D eigenvalue weighted by atomic mass is 16.7. The van der Waals surface area contributed by atoms with E-state index < -0.39 is 12.3 Å². The molecular formula is C23H19NO5. The summed E-state index contributed by atoms with van der Waals surface area (Å²) in [6.07, 6.45) is -2.22. The van der Waals surface area contributed by atoms with Crippen LogP contribution in [0.25, 0.3) is 10.8 Å². The largest absolute Gasteiger partial charge is 0.510 e. The lowest BCUT2D eigenvalue weighted by Gasteiger charge is -2.12. The Hall–Kier alpha value is -3.56. The van der Waals surface area contributed by atoms with Crippen molar-refractivity contribution in [3.8, 4) is 11.8 Å². The van der Waals surface area contributed by atoms with Crippen molar-refractivity contribution >= 4 is 16.9 Å². The molecule has 0 N–H and O–H groups in total. The molecule has 3 aromatic rings. The van der Waals surface area contributed by atoms with Crippen LogP contribution in [0, 0.1) is 11.3 Å². The van der Waals surface area contributed by atoms with E-state index in [-0.39, 0.29) is 18.8 Å². The highest BCUT2D eigenvalue weighted by Crippen LogP contribution is 2.38. The van der Waals surface area contributed by atoms with Crippen LogP contribution in [-0.2, 0) is 14.2 Å². The van der Waals surface area contributed by atoms with Gasteiger partial charge in [-0.25, -0.2) is 4.79 Å². The van der Waals surface area contributed by atoms with Crippen molar-refractivity contribution in [2.24, 2.45) is 0 Å². The second kappa shape index (κ2) is 8.21. The molecule has 0 saturated carbocycles. The van der Waals surface area contributed by atoms with Crippen LogP contribution in [0.1, 0.15) is 23.3 Å². The Morgan fingerprint density at radius 1 is 1.10 bits per heavy atom. The van der Waals surface area contributed by atoms with E-state index in [4.69, 9.17) is 18.9 Å². The summed E-state index contributed by atoms with van der Waals surface area (Å²) in [5.74, 6) is 0.748. The van der Waals surface area contributed by atoms with Crippen molar-refractivity contribution in [2.45, 2.75) is 18.3 Å². The lowest BCUT2D eigenvalue weighted by atomic mass is 10.0. The van der Waals surface area contributed by atoms with Crippen molar-refractivity contribution in [1.29, 1.82) is 5.26 Å². The summed E-state index contributed by atoms with van der Waals surface area (Å²) in [7, 11) is 1.61. The Labute approximate surface area is 168 Å². The Morgan fingerprint density at radius 2 is 1.86 bits per heavy atom. The van der Waals surface area contributed by atoms with Crippen LogP contribution >= 0.6 is 0 Å². The maximum Gasteiger partial charge on any atom is 0.510 e. The van der Waals surface area contributed by atoms with Crippen LogP contribution in [0.2, 0.25) is 0 Å². The highest BCUT2D eigenvalue weighted by Gasteiger charge is 2.41. The van der Waals surface area contributed by atoms with Gasteiger partial charge in [0.1, 0.15) is 30.6 Å². The molecule has 29 heavy (non-hydrogen) atoms. The Bertz CT molecular complexity index is 1060. The average Bonchev–Trinajstić information content (AvgIpc) is 3.55. The zero-order chi connectivity index (χ0) is 20.2. The van der Waals surface area contributed by atoms with Crippen LogP contribution in [0.15, 0.2) is 66.7 Å². The molecule has 1 fully saturated rings. The molecule has 6 heteroatoms. The van der Waals surface area contributed by atoms with Crippen LogP contribution in [0.5, 0.6) is 5.75 Å². The third-order valence-electron chi connectivity index (χ3n) is 4.78. The van der Waals surface area contributed by atoms with E-state index in [0.29, 0.717) is 5.56 Å². The predicted molar refractivity (Wildman–Crippen MR) is 105 cm³/mol. The molecule has 146 valence electrons. The molecule has 1 saturated heterocycles. The Morgan fingerprint density at radius 3 is 2.62 bits per heavy atom. The second-order valence-electron chi connectivity index (χ2n) is 6.67. The van der Waals surface area contributed by atoms with Crippen LogP contribution in [-0.4, -0.2) is 26.0 Å². The summed E-state index contributed by atoms with van der Waals surface area (Å²) >= 11 is 0. The number of fused-ring (bicyclic) bond motifs is 1. The molecule has 0 amide bonds. The first-order valence-corrected chi connectivity index (χ1v) is 9.19. The summed E-state index contributed by atoms with van der Waals surface area (Å²) in [5, 5.41) is 11.3. The Kier molecular flexibility index (Phi) is 5.32. The van der Waals surface area contributed by atoms with Gasteiger partial charge in [-0.1, -0.05) is 48.5 Å². The van der Waals surface area contributed by atoms with E-state index >= 15 is 0 Å². The maximum atomic E-state index is 12.0. The van der Waals surface area contributed by atoms with Gasteiger partial charge < -0.3 is 18.9 Å². The van der Waals surface area contributed by atoms with Gasteiger partial charge in [0.25, 0.3) is 0 Å². The fraction of sp³-hybridized carbons (Fsp3) is 0.217. The van der Waals surface area contributed by atoms with Gasteiger partial charge >= 0.3 is 6.16 Å². The van der Waals surface area contributed by atoms with Gasteiger partial charge in [-0.05, 0) is 34.5 Å². The number of hydrogen-bond acceptors (Lipinski definition) is 6. The quantitative estimate of drug-likeness (QED) is 0.449. The summed E-state index contributed by atoms with van der Waals surface area (Å²) in [6, 6.07) is 22.7. The topological polar surface area (TPSA) is 81.1 Å². The third kappa shape index (κ3) is 4.31. The molecule has 6 nitrogen and oxygen atoms in total. The van der Waals surface area contributed by atoms with E-state index in [9.17, 15) is 10.1 Å². The zero-order valence-electron chi connectivity index (χ0n) is 15.8. The number of benzene rings is 3. The summed E-state index contributed by atoms with van der Waals surface area (Å²) < 4.78 is 21.1. The predicted octanol–water partition coefficient (Wildman–Crippen LogP) is 4.71. The molecule has 0 aliphatic carbocycles. The van der Waals surface area contributed by atoms with Gasteiger partial charge in [-0.15, -0.1) is 0 Å². The first-order valence-electron chi connectivity index (χ1n) is 9.19. The maximum absolute atomic E-state index is 12.0. The van der Waals surface area contributed by atoms with Crippen molar-refractivity contribution < 1.29 is 23.7 Å². The van der Waals surface area contributed by atoms with E-state index in [0.717, 1.165) is 22.1 Å². The molecule has 0 radical (unpaired) electrons. The molecule has 1 heterocycles. The number of rotatable bonds is 6. The van der Waals surface area contributed by atoms with Crippen molar-refractivity contribution in [3.63, 3.8) is 0 Å². The second-order valence-corrected chi connectivity index (χ2v) is 6.67. The summed E-state index contributed by atoms with van der Waals surface area (Å²) in [5.41, 5.74) is 1.61. The molecule has 3 aromatic carbocycles. The molecule has 1 aliphatic heterocycles. The van der Waals surface area contributed by atoms with Gasteiger partial charge in [0.2, 0.25) is 6.10 Å². The van der Waals surface area contributed by atoms with Crippen LogP contribution in [0.3, 0.4) is 0 Å². The number of nitrogens with zero attached hydrogens (tertiary/aromatic N) is 1. The van der Waals surface area contributed by atoms with E-state index in [1.165, 1.54) is 0 Å². The molecular weight excluding hydrogens is 370 g/mol. The number of hydrogen-bond donors (Lipinski definition) is 0. The molecule has 1 aliphatic rings. The van der Waals surface area contributed by atoms with E-state index in [1.54, 1.807) is 13.2 Å². The normalized spacial score (nSPS) is 18.5. The first-order chi connectivity index (χ1) is 14.2. The van der Waals surface area contributed by atoms with Gasteiger partial charge in [0.05, 0.1) is 7.11 Å². The van der Waals surface area contributed by atoms with Gasteiger partial charge in [0, 0.05) is 5.56 Å². The smallest absolute Gasteiger partial charge is 0.497 e. The van der Waals surface area contributed by atoms with Crippen molar-refractivity contribution in [1.82, 2.24) is 0 Å². The molecule has 0 spiro atoms. The fourth-order valence-corrected chi connectivity index (χ4v) is 3.19. The van der Waals surface area contributed by atoms with Crippen molar-refractivity contribution in [2.75, 3.05) is 13.7 Å². The lowest BCUT2D eigenvalue weighted by molar-refractivity contribution is 0.0347. The number of carbonyl (C=O) groups excluding carboxylic acids is 1. The minimum absolute atomic E-state index is 0.0757. The average molecular weight is 389 g/mol. The first kappa shape index (κ1) is 18.8. The Balaban J connectivity index is 1.35. The fourth-order valence-electron chi connectivity index (χ4n) is 3.19. The number of ether oxygens (including phenoxy) is 4. The minimum atomic E-state index is -1.06. The minimum Gasteiger partial charge on any atom is -0.497 e. The van der Waals surface area contributed by atoms with E-state index in [1.807, 2.05) is 66.7 Å². The number of nitriles is 1. The number of carbonyl (C=O) groups is 1. The lowest BCUT2D eigenvalue weighted by Crippen LogP contribution is -2.15. The van der Waals surface area contributed by atoms with Crippen molar-refractivity contribution in [3.05, 3.63) is 77.9 Å². The molecule has 0 aromatic heterocycles. The summed E-state index contributed by atoms with van der Waals surface area (Å²) in [4.78, 5) is 12.0. The van der Waals surface area contributed by atoms with E-state index in [2.05, 4.69) is 0 Å². The SMILES string of the molecule is COc1ccc2cc(C(C#N)OC(=O)OC[C@H]3O[C@@H]3c3ccccc3)ccc2c1. The molecule has 4 rings (SSSR count). The molecule has 0 bridgehead atoms. The van der Waals surface area contributed by atoms with Crippen LogP contribution in [0.4, 0.5) is 4.79 Å². The number of methoxy groups -OCH3 is 1. The third-order valence-corrected chi connectivity index (χ3v) is 4.78.